The lowest BCUT2D eigenvalue weighted by Gasteiger charge is -2.39. The van der Waals surface area contributed by atoms with Crippen LogP contribution < -0.4 is 10.6 Å². The van der Waals surface area contributed by atoms with Gasteiger partial charge < -0.3 is 10.6 Å². The molecule has 21 heavy (non-hydrogen) atoms. The van der Waals surface area contributed by atoms with Crippen molar-refractivity contribution in [3.8, 4) is 0 Å². The third kappa shape index (κ3) is 3.86. The van der Waals surface area contributed by atoms with E-state index in [9.17, 15) is 0 Å². The number of aromatic nitrogens is 2. The second-order valence-corrected chi connectivity index (χ2v) is 7.89. The summed E-state index contributed by atoms with van der Waals surface area (Å²) < 4.78 is 0. The zero-order valence-corrected chi connectivity index (χ0v) is 14.4. The molecule has 1 fully saturated rings. The Morgan fingerprint density at radius 2 is 1.81 bits per heavy atom. The summed E-state index contributed by atoms with van der Waals surface area (Å²) in [5, 5.41) is 6.81. The molecule has 0 spiro atoms. The van der Waals surface area contributed by atoms with Crippen molar-refractivity contribution in [2.75, 3.05) is 17.7 Å². The van der Waals surface area contributed by atoms with E-state index < -0.39 is 0 Å². The zero-order valence-electron chi connectivity index (χ0n) is 14.4. The fourth-order valence-electron chi connectivity index (χ4n) is 2.92. The lowest BCUT2D eigenvalue weighted by atomic mass is 9.73. The van der Waals surface area contributed by atoms with Gasteiger partial charge in [-0.1, -0.05) is 47.5 Å². The maximum atomic E-state index is 4.75. The van der Waals surface area contributed by atoms with Crippen molar-refractivity contribution in [1.82, 2.24) is 9.97 Å². The van der Waals surface area contributed by atoms with E-state index in [2.05, 4.69) is 50.2 Å². The SMILES string of the molecule is CNc1cc(NC2CCCCC2(C)C)nc(C(C)(C)C)n1. The van der Waals surface area contributed by atoms with Gasteiger partial charge in [0.2, 0.25) is 0 Å². The maximum absolute atomic E-state index is 4.75. The Hall–Kier alpha value is -1.32. The topological polar surface area (TPSA) is 49.8 Å². The summed E-state index contributed by atoms with van der Waals surface area (Å²) in [5.41, 5.74) is 0.274. The molecule has 0 saturated heterocycles. The van der Waals surface area contributed by atoms with Gasteiger partial charge in [-0.25, -0.2) is 9.97 Å². The Morgan fingerprint density at radius 3 is 2.38 bits per heavy atom. The van der Waals surface area contributed by atoms with E-state index in [0.29, 0.717) is 11.5 Å². The molecular formula is C17H30N4. The highest BCUT2D eigenvalue weighted by atomic mass is 15.1. The fourth-order valence-corrected chi connectivity index (χ4v) is 2.92. The molecule has 1 aromatic heterocycles. The molecule has 1 heterocycles. The van der Waals surface area contributed by atoms with Crippen LogP contribution in [0.1, 0.15) is 66.1 Å². The van der Waals surface area contributed by atoms with E-state index in [0.717, 1.165) is 17.5 Å². The average molecular weight is 290 g/mol. The summed E-state index contributed by atoms with van der Waals surface area (Å²) in [6.45, 7) is 11.2. The van der Waals surface area contributed by atoms with Gasteiger partial charge in [0.1, 0.15) is 17.5 Å². The summed E-state index contributed by atoms with van der Waals surface area (Å²) in [7, 11) is 1.91. The van der Waals surface area contributed by atoms with Crippen LogP contribution in [-0.4, -0.2) is 23.1 Å². The van der Waals surface area contributed by atoms with E-state index in [1.54, 1.807) is 0 Å². The minimum Gasteiger partial charge on any atom is -0.373 e. The smallest absolute Gasteiger partial charge is 0.138 e. The third-order valence-corrected chi connectivity index (χ3v) is 4.48. The van der Waals surface area contributed by atoms with Crippen molar-refractivity contribution in [1.29, 1.82) is 0 Å². The first kappa shape index (κ1) is 16.1. The van der Waals surface area contributed by atoms with Gasteiger partial charge in [0.25, 0.3) is 0 Å². The van der Waals surface area contributed by atoms with Crippen molar-refractivity contribution in [2.24, 2.45) is 5.41 Å². The van der Waals surface area contributed by atoms with Crippen molar-refractivity contribution in [2.45, 2.75) is 71.8 Å². The number of hydrogen-bond acceptors (Lipinski definition) is 4. The van der Waals surface area contributed by atoms with Crippen LogP contribution in [0, 0.1) is 5.41 Å². The number of anilines is 2. The van der Waals surface area contributed by atoms with Crippen LogP contribution in [0.2, 0.25) is 0 Å². The summed E-state index contributed by atoms with van der Waals surface area (Å²) in [4.78, 5) is 9.34. The highest BCUT2D eigenvalue weighted by Gasteiger charge is 2.32. The highest BCUT2D eigenvalue weighted by molar-refractivity contribution is 5.48. The second-order valence-electron chi connectivity index (χ2n) is 7.89. The largest absolute Gasteiger partial charge is 0.373 e. The van der Waals surface area contributed by atoms with Crippen LogP contribution in [0.3, 0.4) is 0 Å². The molecule has 4 heteroatoms. The second kappa shape index (κ2) is 5.82. The first-order valence-electron chi connectivity index (χ1n) is 8.06. The lowest BCUT2D eigenvalue weighted by Crippen LogP contribution is -2.39. The lowest BCUT2D eigenvalue weighted by molar-refractivity contribution is 0.216. The molecule has 1 unspecified atom stereocenters. The summed E-state index contributed by atoms with van der Waals surface area (Å²) in [5.74, 6) is 2.70. The minimum absolute atomic E-state index is 0.0502. The van der Waals surface area contributed by atoms with Gasteiger partial charge in [0.15, 0.2) is 0 Å². The van der Waals surface area contributed by atoms with Crippen molar-refractivity contribution >= 4 is 11.6 Å². The Bertz CT molecular complexity index is 488. The Morgan fingerprint density at radius 1 is 1.14 bits per heavy atom. The summed E-state index contributed by atoms with van der Waals surface area (Å²) in [6.07, 6.45) is 5.14. The average Bonchev–Trinajstić information content (AvgIpc) is 2.40. The van der Waals surface area contributed by atoms with Crippen LogP contribution in [0.4, 0.5) is 11.6 Å². The van der Waals surface area contributed by atoms with Gasteiger partial charge in [-0.15, -0.1) is 0 Å². The van der Waals surface area contributed by atoms with E-state index in [-0.39, 0.29) is 5.41 Å². The van der Waals surface area contributed by atoms with Crippen molar-refractivity contribution in [3.63, 3.8) is 0 Å². The van der Waals surface area contributed by atoms with Crippen LogP contribution in [0.5, 0.6) is 0 Å². The Balaban J connectivity index is 2.27. The Kier molecular flexibility index (Phi) is 4.45. The quantitative estimate of drug-likeness (QED) is 0.876. The molecule has 1 saturated carbocycles. The molecule has 0 radical (unpaired) electrons. The molecule has 1 aliphatic rings. The van der Waals surface area contributed by atoms with Crippen molar-refractivity contribution in [3.05, 3.63) is 11.9 Å². The molecule has 4 nitrogen and oxygen atoms in total. The first-order chi connectivity index (χ1) is 9.72. The summed E-state index contributed by atoms with van der Waals surface area (Å²) >= 11 is 0. The van der Waals surface area contributed by atoms with Gasteiger partial charge in [-0.3, -0.25) is 0 Å². The molecule has 0 aromatic carbocycles. The first-order valence-corrected chi connectivity index (χ1v) is 8.06. The van der Waals surface area contributed by atoms with Gasteiger partial charge >= 0.3 is 0 Å². The predicted molar refractivity (Wildman–Crippen MR) is 89.9 cm³/mol. The van der Waals surface area contributed by atoms with Crippen LogP contribution in [0.25, 0.3) is 0 Å². The number of nitrogens with one attached hydrogen (secondary N) is 2. The van der Waals surface area contributed by atoms with Gasteiger partial charge in [-0.05, 0) is 18.3 Å². The van der Waals surface area contributed by atoms with Gasteiger partial charge in [0, 0.05) is 24.6 Å². The molecule has 118 valence electrons. The summed E-state index contributed by atoms with van der Waals surface area (Å²) in [6, 6.07) is 2.50. The van der Waals surface area contributed by atoms with Crippen molar-refractivity contribution < 1.29 is 0 Å². The highest BCUT2D eigenvalue weighted by Crippen LogP contribution is 2.37. The van der Waals surface area contributed by atoms with E-state index in [4.69, 9.17) is 4.98 Å². The fraction of sp³-hybridized carbons (Fsp3) is 0.765. The molecule has 0 amide bonds. The minimum atomic E-state index is -0.0502. The molecule has 1 aliphatic carbocycles. The molecule has 1 atom stereocenters. The van der Waals surface area contributed by atoms with E-state index in [1.807, 2.05) is 13.1 Å². The zero-order chi connectivity index (χ0) is 15.7. The molecule has 2 rings (SSSR count). The number of hydrogen-bond donors (Lipinski definition) is 2. The molecule has 0 aliphatic heterocycles. The number of rotatable bonds is 3. The van der Waals surface area contributed by atoms with Crippen LogP contribution in [0.15, 0.2) is 6.07 Å². The standard InChI is InChI=1S/C17H30N4/c1-16(2,3)15-20-13(18-6)11-14(21-15)19-12-9-7-8-10-17(12,4)5/h11-12H,7-10H2,1-6H3,(H2,18,19,20,21). The van der Waals surface area contributed by atoms with Gasteiger partial charge in [-0.2, -0.15) is 0 Å². The van der Waals surface area contributed by atoms with Gasteiger partial charge in [0.05, 0.1) is 0 Å². The third-order valence-electron chi connectivity index (χ3n) is 4.48. The molecule has 0 bridgehead atoms. The van der Waals surface area contributed by atoms with Crippen LogP contribution in [-0.2, 0) is 5.41 Å². The van der Waals surface area contributed by atoms with E-state index >= 15 is 0 Å². The Labute approximate surface area is 129 Å². The maximum Gasteiger partial charge on any atom is 0.138 e. The normalized spacial score (nSPS) is 21.9. The molecule has 2 N–H and O–H groups in total. The van der Waals surface area contributed by atoms with E-state index in [1.165, 1.54) is 25.7 Å². The molecule has 1 aromatic rings. The number of nitrogens with zero attached hydrogens (tertiary/aromatic N) is 2. The molecular weight excluding hydrogens is 260 g/mol. The predicted octanol–water partition coefficient (Wildman–Crippen LogP) is 4.20. The van der Waals surface area contributed by atoms with Crippen LogP contribution >= 0.6 is 0 Å². The monoisotopic (exact) mass is 290 g/mol.